The summed E-state index contributed by atoms with van der Waals surface area (Å²) in [6, 6.07) is 12.2. The molecule has 0 radical (unpaired) electrons. The fourth-order valence-corrected chi connectivity index (χ4v) is 3.21. The van der Waals surface area contributed by atoms with Crippen LogP contribution in [-0.4, -0.2) is 27.3 Å². The first-order chi connectivity index (χ1) is 14.1. The van der Waals surface area contributed by atoms with E-state index < -0.39 is 0 Å². The number of aromatic nitrogens is 3. The molecule has 0 aliphatic carbocycles. The number of rotatable bonds is 7. The van der Waals surface area contributed by atoms with Crippen LogP contribution in [-0.2, 0) is 6.61 Å². The Kier molecular flexibility index (Phi) is 5.94. The Morgan fingerprint density at radius 3 is 2.90 bits per heavy atom. The molecule has 1 aromatic carbocycles. The molecule has 3 heterocycles. The van der Waals surface area contributed by atoms with E-state index >= 15 is 0 Å². The monoisotopic (exact) mass is 448 g/mol. The predicted octanol–water partition coefficient (Wildman–Crippen LogP) is 5.62. The van der Waals surface area contributed by atoms with Crippen LogP contribution in [0.1, 0.15) is 11.5 Å². The Balaban J connectivity index is 1.49. The van der Waals surface area contributed by atoms with Crippen molar-refractivity contribution in [3.63, 3.8) is 0 Å². The third kappa shape index (κ3) is 4.50. The van der Waals surface area contributed by atoms with Crippen LogP contribution in [0.25, 0.3) is 11.6 Å². The maximum atomic E-state index is 6.10. The molecule has 0 saturated heterocycles. The molecule has 0 aliphatic rings. The second-order valence-electron chi connectivity index (χ2n) is 5.71. The maximum absolute atomic E-state index is 6.10. The largest absolute Gasteiger partial charge is 0.484 e. The van der Waals surface area contributed by atoms with E-state index in [1.54, 1.807) is 59.6 Å². The van der Waals surface area contributed by atoms with Gasteiger partial charge in [0.25, 0.3) is 0 Å². The molecule has 29 heavy (non-hydrogen) atoms. The molecule has 0 bridgehead atoms. The molecule has 0 N–H and O–H groups in total. The molecule has 0 saturated carbocycles. The highest BCUT2D eigenvalue weighted by molar-refractivity contribution is 7.98. The zero-order chi connectivity index (χ0) is 20.2. The van der Waals surface area contributed by atoms with Crippen LogP contribution in [0.2, 0.25) is 10.0 Å². The Hall–Kier alpha value is -2.68. The summed E-state index contributed by atoms with van der Waals surface area (Å²) in [6.07, 6.45) is 5.04. The van der Waals surface area contributed by atoms with Crippen molar-refractivity contribution in [1.29, 1.82) is 0 Å². The Bertz CT molecular complexity index is 1140. The van der Waals surface area contributed by atoms with Gasteiger partial charge in [0.15, 0.2) is 5.76 Å². The van der Waals surface area contributed by atoms with Crippen LogP contribution in [0.5, 0.6) is 5.75 Å². The van der Waals surface area contributed by atoms with Gasteiger partial charge < -0.3 is 13.6 Å². The highest BCUT2D eigenvalue weighted by atomic mass is 35.5. The van der Waals surface area contributed by atoms with Crippen molar-refractivity contribution in [2.45, 2.75) is 11.8 Å². The van der Waals surface area contributed by atoms with Gasteiger partial charge in [-0.2, -0.15) is 9.78 Å². The van der Waals surface area contributed by atoms with Crippen LogP contribution >= 0.6 is 35.0 Å². The lowest BCUT2D eigenvalue weighted by Gasteiger charge is -2.06. The number of benzene rings is 1. The van der Waals surface area contributed by atoms with Crippen molar-refractivity contribution >= 4 is 41.2 Å². The fourth-order valence-electron chi connectivity index (χ4n) is 2.45. The van der Waals surface area contributed by atoms with Gasteiger partial charge in [-0.1, -0.05) is 35.0 Å². The number of ether oxygens (including phenoxy) is 1. The second kappa shape index (κ2) is 8.77. The van der Waals surface area contributed by atoms with Gasteiger partial charge >= 0.3 is 0 Å². The number of thioether (sulfide) groups is 1. The Labute approximate surface area is 180 Å². The van der Waals surface area contributed by atoms with E-state index in [9.17, 15) is 0 Å². The van der Waals surface area contributed by atoms with Gasteiger partial charge in [0.2, 0.25) is 11.0 Å². The summed E-state index contributed by atoms with van der Waals surface area (Å²) < 4.78 is 18.4. The summed E-state index contributed by atoms with van der Waals surface area (Å²) in [6.45, 7) is 0.203. The standard InChI is InChI=1S/C19H14Cl2N4O3S/c1-29-19-24-23-18(16-3-2-8-26-16)25(19)22-10-13-5-6-14(28-13)11-27-17-9-12(20)4-7-15(17)21/h2-10H,11H2,1H3/b22-10-. The van der Waals surface area contributed by atoms with Crippen LogP contribution < -0.4 is 4.74 Å². The average Bonchev–Trinajstić information content (AvgIpc) is 3.47. The van der Waals surface area contributed by atoms with E-state index in [2.05, 4.69) is 15.3 Å². The van der Waals surface area contributed by atoms with Crippen molar-refractivity contribution < 1.29 is 13.6 Å². The molecular formula is C19H14Cl2N4O3S. The van der Waals surface area contributed by atoms with Gasteiger partial charge in [0.1, 0.15) is 23.9 Å². The number of hydrogen-bond acceptors (Lipinski definition) is 7. The maximum Gasteiger partial charge on any atom is 0.221 e. The molecule has 0 atom stereocenters. The van der Waals surface area contributed by atoms with Gasteiger partial charge in [0, 0.05) is 11.1 Å². The first-order valence-corrected chi connectivity index (χ1v) is 10.4. The lowest BCUT2D eigenvalue weighted by molar-refractivity contribution is 0.270. The molecule has 4 rings (SSSR count). The van der Waals surface area contributed by atoms with Crippen molar-refractivity contribution in [1.82, 2.24) is 14.9 Å². The SMILES string of the molecule is CSc1nnc(-c2ccco2)n1/N=C\c1ccc(COc2cc(Cl)ccc2Cl)o1. The molecule has 148 valence electrons. The third-order valence-electron chi connectivity index (χ3n) is 3.78. The third-order valence-corrected chi connectivity index (χ3v) is 4.95. The normalized spacial score (nSPS) is 11.4. The van der Waals surface area contributed by atoms with Crippen molar-refractivity contribution in [2.75, 3.05) is 6.26 Å². The fraction of sp³-hybridized carbons (Fsp3) is 0.105. The predicted molar refractivity (Wildman–Crippen MR) is 112 cm³/mol. The highest BCUT2D eigenvalue weighted by Gasteiger charge is 2.15. The zero-order valence-electron chi connectivity index (χ0n) is 15.1. The minimum Gasteiger partial charge on any atom is -0.484 e. The number of furan rings is 2. The Morgan fingerprint density at radius 2 is 2.10 bits per heavy atom. The molecule has 10 heteroatoms. The highest BCUT2D eigenvalue weighted by Crippen LogP contribution is 2.28. The summed E-state index contributed by atoms with van der Waals surface area (Å²) in [4.78, 5) is 0. The number of halogens is 2. The van der Waals surface area contributed by atoms with Gasteiger partial charge in [-0.3, -0.25) is 0 Å². The van der Waals surface area contributed by atoms with Crippen LogP contribution in [0.3, 0.4) is 0 Å². The lowest BCUT2D eigenvalue weighted by Crippen LogP contribution is -1.96. The van der Waals surface area contributed by atoms with Crippen LogP contribution in [0.15, 0.2) is 67.8 Å². The smallest absolute Gasteiger partial charge is 0.221 e. The van der Waals surface area contributed by atoms with E-state index in [1.807, 2.05) is 6.26 Å². The molecular weight excluding hydrogens is 435 g/mol. The summed E-state index contributed by atoms with van der Waals surface area (Å²) >= 11 is 13.5. The Morgan fingerprint density at radius 1 is 1.21 bits per heavy atom. The number of nitrogens with zero attached hydrogens (tertiary/aromatic N) is 4. The van der Waals surface area contributed by atoms with Crippen molar-refractivity contribution in [2.24, 2.45) is 5.10 Å². The molecule has 3 aromatic heterocycles. The van der Waals surface area contributed by atoms with E-state index in [0.29, 0.717) is 44.1 Å². The molecule has 0 fully saturated rings. The first-order valence-electron chi connectivity index (χ1n) is 8.38. The molecule has 0 amide bonds. The second-order valence-corrected chi connectivity index (χ2v) is 7.33. The number of hydrogen-bond donors (Lipinski definition) is 0. The topological polar surface area (TPSA) is 78.6 Å². The van der Waals surface area contributed by atoms with Gasteiger partial charge in [-0.25, -0.2) is 0 Å². The zero-order valence-corrected chi connectivity index (χ0v) is 17.4. The van der Waals surface area contributed by atoms with Crippen LogP contribution in [0, 0.1) is 0 Å². The van der Waals surface area contributed by atoms with E-state index in [4.69, 9.17) is 36.8 Å². The molecule has 4 aromatic rings. The van der Waals surface area contributed by atoms with Gasteiger partial charge in [-0.05, 0) is 42.7 Å². The van der Waals surface area contributed by atoms with Crippen LogP contribution in [0.4, 0.5) is 0 Å². The average molecular weight is 449 g/mol. The van der Waals surface area contributed by atoms with Crippen molar-refractivity contribution in [3.8, 4) is 17.3 Å². The van der Waals surface area contributed by atoms with E-state index in [0.717, 1.165) is 0 Å². The summed E-state index contributed by atoms with van der Waals surface area (Å²) in [5.74, 6) is 2.72. The quantitative estimate of drug-likeness (QED) is 0.269. The van der Waals surface area contributed by atoms with E-state index in [1.165, 1.54) is 11.8 Å². The molecule has 0 spiro atoms. The van der Waals surface area contributed by atoms with E-state index in [-0.39, 0.29) is 6.61 Å². The molecule has 0 unspecified atom stereocenters. The summed E-state index contributed by atoms with van der Waals surface area (Å²) in [5.41, 5.74) is 0. The van der Waals surface area contributed by atoms with Crippen molar-refractivity contribution in [3.05, 3.63) is 70.3 Å². The minimum absolute atomic E-state index is 0.203. The molecule has 7 nitrogen and oxygen atoms in total. The minimum atomic E-state index is 0.203. The lowest BCUT2D eigenvalue weighted by atomic mass is 10.3. The summed E-state index contributed by atoms with van der Waals surface area (Å²) in [5, 5.41) is 14.3. The van der Waals surface area contributed by atoms with Gasteiger partial charge in [-0.15, -0.1) is 10.2 Å². The molecule has 0 aliphatic heterocycles. The van der Waals surface area contributed by atoms with Gasteiger partial charge in [0.05, 0.1) is 17.5 Å². The summed E-state index contributed by atoms with van der Waals surface area (Å²) in [7, 11) is 0. The first kappa shape index (κ1) is 19.6.